The monoisotopic (exact) mass is 354 g/mol. The number of rotatable bonds is 7. The van der Waals surface area contributed by atoms with Crippen LogP contribution < -0.4 is 15.0 Å². The molecule has 0 radical (unpaired) electrons. The minimum atomic E-state index is 0.259. The number of hydrogen-bond donors (Lipinski definition) is 1. The molecule has 1 aromatic carbocycles. The number of nitrogens with zero attached hydrogens (tertiary/aromatic N) is 3. The summed E-state index contributed by atoms with van der Waals surface area (Å²) < 4.78 is 5.32. The summed E-state index contributed by atoms with van der Waals surface area (Å²) in [5.41, 5.74) is 2.50. The molecule has 26 heavy (non-hydrogen) atoms. The number of likely N-dealkylation sites (N-methyl/N-ethyl adjacent to an activating group) is 1. The van der Waals surface area contributed by atoms with Crippen molar-refractivity contribution in [3.05, 3.63) is 53.7 Å². The molecule has 140 valence electrons. The van der Waals surface area contributed by atoms with E-state index in [4.69, 9.17) is 4.74 Å². The van der Waals surface area contributed by atoms with E-state index in [9.17, 15) is 0 Å². The van der Waals surface area contributed by atoms with Crippen molar-refractivity contribution in [3.8, 4) is 5.75 Å². The summed E-state index contributed by atoms with van der Waals surface area (Å²) in [6, 6.07) is 12.8. The third-order valence-corrected chi connectivity index (χ3v) is 5.16. The smallest absolute Gasteiger partial charge is 0.128 e. The number of hydrogen-bond acceptors (Lipinski definition) is 5. The molecule has 1 atom stereocenters. The predicted octanol–water partition coefficient (Wildman–Crippen LogP) is 3.08. The zero-order chi connectivity index (χ0) is 18.4. The molecule has 0 aliphatic carbocycles. The number of aromatic nitrogens is 1. The first-order valence-electron chi connectivity index (χ1n) is 9.49. The molecule has 1 aliphatic rings. The maximum atomic E-state index is 5.32. The predicted molar refractivity (Wildman–Crippen MR) is 107 cm³/mol. The largest absolute Gasteiger partial charge is 0.497 e. The van der Waals surface area contributed by atoms with E-state index < -0.39 is 0 Å². The molecule has 0 saturated carbocycles. The lowest BCUT2D eigenvalue weighted by Crippen LogP contribution is -2.46. The van der Waals surface area contributed by atoms with Crippen molar-refractivity contribution < 1.29 is 4.74 Å². The fourth-order valence-electron chi connectivity index (χ4n) is 3.34. The van der Waals surface area contributed by atoms with Crippen molar-refractivity contribution in [2.45, 2.75) is 26.4 Å². The highest BCUT2D eigenvalue weighted by Crippen LogP contribution is 2.20. The SMILES string of the molecule is CCN1CCN(c2cc(CNC(C)c3cccc(OC)c3)ccn2)CC1. The molecule has 3 rings (SSSR count). The van der Waals surface area contributed by atoms with E-state index >= 15 is 0 Å². The maximum Gasteiger partial charge on any atom is 0.128 e. The lowest BCUT2D eigenvalue weighted by Gasteiger charge is -2.34. The zero-order valence-corrected chi connectivity index (χ0v) is 16.1. The summed E-state index contributed by atoms with van der Waals surface area (Å²) in [6.45, 7) is 10.7. The van der Waals surface area contributed by atoms with Crippen LogP contribution in [0.2, 0.25) is 0 Å². The minimum Gasteiger partial charge on any atom is -0.497 e. The normalized spacial score (nSPS) is 16.5. The van der Waals surface area contributed by atoms with Gasteiger partial charge in [-0.15, -0.1) is 0 Å². The van der Waals surface area contributed by atoms with Gasteiger partial charge in [-0.3, -0.25) is 0 Å². The lowest BCUT2D eigenvalue weighted by atomic mass is 10.1. The number of pyridine rings is 1. The molecular formula is C21H30N4O. The Balaban J connectivity index is 1.58. The first kappa shape index (κ1) is 18.7. The first-order valence-corrected chi connectivity index (χ1v) is 9.49. The van der Waals surface area contributed by atoms with Crippen LogP contribution in [0.5, 0.6) is 5.75 Å². The molecule has 2 aromatic rings. The van der Waals surface area contributed by atoms with Gasteiger partial charge in [-0.05, 0) is 48.9 Å². The van der Waals surface area contributed by atoms with Crippen molar-refractivity contribution in [1.82, 2.24) is 15.2 Å². The Morgan fingerprint density at radius 1 is 1.15 bits per heavy atom. The summed E-state index contributed by atoms with van der Waals surface area (Å²) in [4.78, 5) is 9.46. The quantitative estimate of drug-likeness (QED) is 0.827. The van der Waals surface area contributed by atoms with Gasteiger partial charge < -0.3 is 19.9 Å². The highest BCUT2D eigenvalue weighted by molar-refractivity contribution is 5.41. The van der Waals surface area contributed by atoms with E-state index in [1.807, 2.05) is 18.3 Å². The van der Waals surface area contributed by atoms with E-state index in [1.54, 1.807) is 7.11 Å². The van der Waals surface area contributed by atoms with E-state index in [-0.39, 0.29) is 6.04 Å². The average molecular weight is 354 g/mol. The summed E-state index contributed by atoms with van der Waals surface area (Å²) in [5.74, 6) is 1.99. The third-order valence-electron chi connectivity index (χ3n) is 5.16. The van der Waals surface area contributed by atoms with Crippen LogP contribution in [-0.2, 0) is 6.54 Å². The lowest BCUT2D eigenvalue weighted by molar-refractivity contribution is 0.270. The highest BCUT2D eigenvalue weighted by Gasteiger charge is 2.17. The van der Waals surface area contributed by atoms with Crippen molar-refractivity contribution >= 4 is 5.82 Å². The van der Waals surface area contributed by atoms with Crippen LogP contribution >= 0.6 is 0 Å². The molecule has 5 heteroatoms. The van der Waals surface area contributed by atoms with Gasteiger partial charge in [-0.25, -0.2) is 4.98 Å². The zero-order valence-electron chi connectivity index (χ0n) is 16.1. The number of anilines is 1. The van der Waals surface area contributed by atoms with Crippen LogP contribution in [0.25, 0.3) is 0 Å². The van der Waals surface area contributed by atoms with Gasteiger partial charge in [0.2, 0.25) is 0 Å². The molecule has 5 nitrogen and oxygen atoms in total. The maximum absolute atomic E-state index is 5.32. The summed E-state index contributed by atoms with van der Waals surface area (Å²) in [5, 5.41) is 3.60. The fourth-order valence-corrected chi connectivity index (χ4v) is 3.34. The van der Waals surface area contributed by atoms with Crippen LogP contribution in [0.1, 0.15) is 31.0 Å². The van der Waals surface area contributed by atoms with Gasteiger partial charge in [0.05, 0.1) is 7.11 Å². The van der Waals surface area contributed by atoms with Gasteiger partial charge in [-0.1, -0.05) is 19.1 Å². The number of piperazine rings is 1. The van der Waals surface area contributed by atoms with Crippen LogP contribution in [0.3, 0.4) is 0 Å². The molecule has 1 aliphatic heterocycles. The number of nitrogens with one attached hydrogen (secondary N) is 1. The summed E-state index contributed by atoms with van der Waals surface area (Å²) in [6.07, 6.45) is 1.93. The molecule has 1 unspecified atom stereocenters. The van der Waals surface area contributed by atoms with Crippen molar-refractivity contribution in [1.29, 1.82) is 0 Å². The van der Waals surface area contributed by atoms with E-state index in [2.05, 4.69) is 58.2 Å². The average Bonchev–Trinajstić information content (AvgIpc) is 2.72. The van der Waals surface area contributed by atoms with Crippen molar-refractivity contribution in [3.63, 3.8) is 0 Å². The Bertz CT molecular complexity index is 698. The summed E-state index contributed by atoms with van der Waals surface area (Å²) in [7, 11) is 1.70. The molecule has 1 saturated heterocycles. The second-order valence-electron chi connectivity index (χ2n) is 6.82. The molecule has 2 heterocycles. The van der Waals surface area contributed by atoms with Gasteiger partial charge in [0.15, 0.2) is 0 Å². The van der Waals surface area contributed by atoms with Crippen molar-refractivity contribution in [2.75, 3.05) is 44.7 Å². The minimum absolute atomic E-state index is 0.259. The number of benzene rings is 1. The van der Waals surface area contributed by atoms with Gasteiger partial charge in [0, 0.05) is 45.0 Å². The van der Waals surface area contributed by atoms with Gasteiger partial charge in [0.1, 0.15) is 11.6 Å². The second-order valence-corrected chi connectivity index (χ2v) is 6.82. The first-order chi connectivity index (χ1) is 12.7. The van der Waals surface area contributed by atoms with Crippen molar-refractivity contribution in [2.24, 2.45) is 0 Å². The third kappa shape index (κ3) is 4.74. The van der Waals surface area contributed by atoms with Gasteiger partial charge in [-0.2, -0.15) is 0 Å². The molecule has 1 fully saturated rings. The molecule has 0 amide bonds. The van der Waals surface area contributed by atoms with Crippen LogP contribution in [-0.4, -0.2) is 49.7 Å². The Labute approximate surface area is 157 Å². The summed E-state index contributed by atoms with van der Waals surface area (Å²) >= 11 is 0. The highest BCUT2D eigenvalue weighted by atomic mass is 16.5. The molecule has 1 aromatic heterocycles. The van der Waals surface area contributed by atoms with Crippen LogP contribution in [0.4, 0.5) is 5.82 Å². The Morgan fingerprint density at radius 3 is 2.69 bits per heavy atom. The molecule has 0 spiro atoms. The Morgan fingerprint density at radius 2 is 1.96 bits per heavy atom. The Hall–Kier alpha value is -2.11. The molecular weight excluding hydrogens is 324 g/mol. The van der Waals surface area contributed by atoms with E-state index in [0.717, 1.165) is 50.8 Å². The molecule has 1 N–H and O–H groups in total. The van der Waals surface area contributed by atoms with Crippen LogP contribution in [0.15, 0.2) is 42.6 Å². The van der Waals surface area contributed by atoms with Crippen LogP contribution in [0, 0.1) is 0 Å². The number of ether oxygens (including phenoxy) is 1. The van der Waals surface area contributed by atoms with Gasteiger partial charge >= 0.3 is 0 Å². The second kappa shape index (κ2) is 9.01. The topological polar surface area (TPSA) is 40.6 Å². The van der Waals surface area contributed by atoms with E-state index in [1.165, 1.54) is 11.1 Å². The Kier molecular flexibility index (Phi) is 6.47. The standard InChI is InChI=1S/C21H30N4O/c1-4-24-10-12-25(13-11-24)21-14-18(8-9-22-21)16-23-17(2)19-6-5-7-20(15-19)26-3/h5-9,14-15,17,23H,4,10-13,16H2,1-3H3. The fraction of sp³-hybridized carbons (Fsp3) is 0.476. The molecule has 0 bridgehead atoms. The van der Waals surface area contributed by atoms with E-state index in [0.29, 0.717) is 0 Å². The number of methoxy groups -OCH3 is 1. The van der Waals surface area contributed by atoms with Gasteiger partial charge in [0.25, 0.3) is 0 Å².